The molecule has 26 heavy (non-hydrogen) atoms. The van der Waals surface area contributed by atoms with E-state index in [0.29, 0.717) is 18.9 Å². The summed E-state index contributed by atoms with van der Waals surface area (Å²) in [4.78, 5) is 21.2. The monoisotopic (exact) mass is 352 g/mol. The number of esters is 1. The van der Waals surface area contributed by atoms with Gasteiger partial charge in [0, 0.05) is 33.4 Å². The van der Waals surface area contributed by atoms with Crippen LogP contribution in [0.1, 0.15) is 19.2 Å². The van der Waals surface area contributed by atoms with Crippen LogP contribution in [0.4, 0.5) is 0 Å². The minimum atomic E-state index is -0.365. The summed E-state index contributed by atoms with van der Waals surface area (Å²) >= 11 is 0. The molecule has 0 radical (unpaired) electrons. The van der Waals surface area contributed by atoms with Crippen molar-refractivity contribution in [2.75, 3.05) is 13.7 Å². The Morgan fingerprint density at radius 1 is 1.19 bits per heavy atom. The molecule has 3 heterocycles. The number of fused-ring (bicyclic) bond motifs is 5. The molecule has 0 N–H and O–H groups in total. The van der Waals surface area contributed by atoms with Gasteiger partial charge in [0.15, 0.2) is 11.4 Å². The zero-order chi connectivity index (χ0) is 18.3. The van der Waals surface area contributed by atoms with Crippen molar-refractivity contribution in [1.82, 2.24) is 18.9 Å². The zero-order valence-corrected chi connectivity index (χ0v) is 15.0. The summed E-state index contributed by atoms with van der Waals surface area (Å²) in [6, 6.07) is 7.91. The number of ether oxygens (including phenoxy) is 2. The molecular formula is C19H20N4O3. The minimum absolute atomic E-state index is 0.365. The highest BCUT2D eigenvalue weighted by Gasteiger charge is 2.20. The van der Waals surface area contributed by atoms with Gasteiger partial charge < -0.3 is 14.0 Å². The number of aryl methyl sites for hydroxylation is 2. The van der Waals surface area contributed by atoms with E-state index in [1.165, 1.54) is 6.92 Å². The number of methoxy groups -OCH3 is 1. The fourth-order valence-electron chi connectivity index (χ4n) is 3.36. The van der Waals surface area contributed by atoms with Crippen molar-refractivity contribution in [1.29, 1.82) is 0 Å². The Morgan fingerprint density at radius 3 is 2.77 bits per heavy atom. The summed E-state index contributed by atoms with van der Waals surface area (Å²) in [5.41, 5.74) is 3.37. The molecule has 0 amide bonds. The van der Waals surface area contributed by atoms with Gasteiger partial charge in [-0.15, -0.1) is 0 Å². The molecule has 0 aliphatic heterocycles. The number of benzene rings is 1. The molecule has 0 atom stereocenters. The lowest BCUT2D eigenvalue weighted by atomic mass is 10.3. The second kappa shape index (κ2) is 6.42. The van der Waals surface area contributed by atoms with Crippen LogP contribution in [0.15, 0.2) is 30.5 Å². The Labute approximate surface area is 150 Å². The first kappa shape index (κ1) is 16.5. The molecule has 3 aromatic heterocycles. The number of nitrogens with zero attached hydrogens (tertiary/aromatic N) is 4. The predicted molar refractivity (Wildman–Crippen MR) is 98.5 cm³/mol. The van der Waals surface area contributed by atoms with Gasteiger partial charge in [0.1, 0.15) is 16.9 Å². The van der Waals surface area contributed by atoms with Crippen molar-refractivity contribution in [3.8, 4) is 5.75 Å². The molecule has 4 rings (SSSR count). The van der Waals surface area contributed by atoms with Gasteiger partial charge in [0.2, 0.25) is 0 Å². The van der Waals surface area contributed by atoms with Crippen molar-refractivity contribution in [3.63, 3.8) is 0 Å². The van der Waals surface area contributed by atoms with E-state index < -0.39 is 0 Å². The highest BCUT2D eigenvalue weighted by Crippen LogP contribution is 2.33. The van der Waals surface area contributed by atoms with E-state index in [1.807, 2.05) is 46.4 Å². The van der Waals surface area contributed by atoms with Crippen LogP contribution in [-0.2, 0) is 16.1 Å². The van der Waals surface area contributed by atoms with E-state index in [0.717, 1.165) is 40.0 Å². The van der Waals surface area contributed by atoms with Crippen LogP contribution in [0, 0.1) is 6.92 Å². The van der Waals surface area contributed by atoms with E-state index in [9.17, 15) is 4.79 Å². The Kier molecular flexibility index (Phi) is 4.08. The van der Waals surface area contributed by atoms with Crippen molar-refractivity contribution >= 4 is 33.7 Å². The molecule has 0 aliphatic rings. The second-order valence-electron chi connectivity index (χ2n) is 6.24. The van der Waals surface area contributed by atoms with Gasteiger partial charge in [-0.1, -0.05) is 12.1 Å². The number of aromatic nitrogens is 4. The molecule has 0 fully saturated rings. The van der Waals surface area contributed by atoms with Crippen molar-refractivity contribution in [2.24, 2.45) is 0 Å². The lowest BCUT2D eigenvalue weighted by Crippen LogP contribution is -2.03. The maximum atomic E-state index is 11.6. The van der Waals surface area contributed by atoms with Crippen molar-refractivity contribution < 1.29 is 14.3 Å². The maximum Gasteiger partial charge on any atom is 0.308 e. The average molecular weight is 352 g/mol. The van der Waals surface area contributed by atoms with Gasteiger partial charge in [0.25, 0.3) is 0 Å². The molecule has 0 saturated carbocycles. The van der Waals surface area contributed by atoms with Gasteiger partial charge in [-0.2, -0.15) is 0 Å². The molecular weight excluding hydrogens is 332 g/mol. The van der Waals surface area contributed by atoms with Gasteiger partial charge in [-0.3, -0.25) is 9.20 Å². The highest BCUT2D eigenvalue weighted by atomic mass is 16.5. The molecule has 0 spiro atoms. The first-order valence-corrected chi connectivity index (χ1v) is 8.54. The van der Waals surface area contributed by atoms with Crippen molar-refractivity contribution in [2.45, 2.75) is 26.8 Å². The first-order chi connectivity index (χ1) is 12.6. The number of carbonyl (C=O) groups is 1. The Balaban J connectivity index is 2.03. The summed E-state index contributed by atoms with van der Waals surface area (Å²) in [6.07, 6.45) is 2.66. The van der Waals surface area contributed by atoms with E-state index in [4.69, 9.17) is 19.4 Å². The number of hydrogen-bond acceptors (Lipinski definition) is 5. The van der Waals surface area contributed by atoms with Crippen LogP contribution in [0.3, 0.4) is 0 Å². The predicted octanol–water partition coefficient (Wildman–Crippen LogP) is 3.11. The summed E-state index contributed by atoms with van der Waals surface area (Å²) in [7, 11) is 1.68. The first-order valence-electron chi connectivity index (χ1n) is 8.54. The van der Waals surface area contributed by atoms with Gasteiger partial charge in [-0.05, 0) is 25.5 Å². The SMILES string of the molecule is COCCCn1cc(OC(C)=O)c2c1nc(C)n1c3ccccc3nc21. The van der Waals surface area contributed by atoms with Crippen LogP contribution in [-0.4, -0.2) is 38.6 Å². The van der Waals surface area contributed by atoms with Crippen LogP contribution in [0.2, 0.25) is 0 Å². The summed E-state index contributed by atoms with van der Waals surface area (Å²) in [5, 5.41) is 0.749. The third-order valence-corrected chi connectivity index (χ3v) is 4.39. The summed E-state index contributed by atoms with van der Waals surface area (Å²) in [6.45, 7) is 4.72. The van der Waals surface area contributed by atoms with Crippen LogP contribution in [0.5, 0.6) is 5.75 Å². The Morgan fingerprint density at radius 2 is 2.00 bits per heavy atom. The number of rotatable bonds is 5. The summed E-state index contributed by atoms with van der Waals surface area (Å²) < 4.78 is 14.6. The molecule has 7 heteroatoms. The largest absolute Gasteiger partial charge is 0.424 e. The smallest absolute Gasteiger partial charge is 0.308 e. The minimum Gasteiger partial charge on any atom is -0.424 e. The highest BCUT2D eigenvalue weighted by molar-refractivity contribution is 6.00. The van der Waals surface area contributed by atoms with E-state index >= 15 is 0 Å². The number of imidazole rings is 1. The van der Waals surface area contributed by atoms with E-state index in [1.54, 1.807) is 7.11 Å². The maximum absolute atomic E-state index is 11.6. The molecule has 0 bridgehead atoms. The third kappa shape index (κ3) is 2.61. The van der Waals surface area contributed by atoms with Gasteiger partial charge >= 0.3 is 5.97 Å². The Bertz CT molecular complexity index is 1130. The zero-order valence-electron chi connectivity index (χ0n) is 15.0. The van der Waals surface area contributed by atoms with Gasteiger partial charge in [0.05, 0.1) is 11.0 Å². The van der Waals surface area contributed by atoms with Gasteiger partial charge in [-0.25, -0.2) is 9.97 Å². The molecule has 1 aromatic carbocycles. The molecule has 0 saturated heterocycles. The third-order valence-electron chi connectivity index (χ3n) is 4.39. The van der Waals surface area contributed by atoms with Crippen LogP contribution < -0.4 is 4.74 Å². The number of para-hydroxylation sites is 2. The topological polar surface area (TPSA) is 70.7 Å². The molecule has 4 aromatic rings. The quantitative estimate of drug-likeness (QED) is 0.408. The van der Waals surface area contributed by atoms with E-state index in [-0.39, 0.29) is 5.97 Å². The second-order valence-corrected chi connectivity index (χ2v) is 6.24. The normalized spacial score (nSPS) is 11.7. The summed E-state index contributed by atoms with van der Waals surface area (Å²) in [5.74, 6) is 0.954. The standard InChI is InChI=1S/C19H20N4O3/c1-12-20-18-17(19-21-14-7-4-5-8-15(14)23(12)19)16(26-13(2)24)11-22(18)9-6-10-25-3/h4-5,7-8,11H,6,9-10H2,1-3H3. The molecule has 134 valence electrons. The fourth-order valence-corrected chi connectivity index (χ4v) is 3.36. The molecule has 0 unspecified atom stereocenters. The Hall–Kier alpha value is -2.93. The lowest BCUT2D eigenvalue weighted by Gasteiger charge is -2.06. The molecule has 0 aliphatic carbocycles. The number of carbonyl (C=O) groups excluding carboxylic acids is 1. The van der Waals surface area contributed by atoms with Crippen molar-refractivity contribution in [3.05, 3.63) is 36.3 Å². The average Bonchev–Trinajstić information content (AvgIpc) is 3.14. The van der Waals surface area contributed by atoms with Crippen LogP contribution in [0.25, 0.3) is 27.7 Å². The number of hydrogen-bond donors (Lipinski definition) is 0. The molecule has 7 nitrogen and oxygen atoms in total. The van der Waals surface area contributed by atoms with E-state index in [2.05, 4.69) is 0 Å². The fraction of sp³-hybridized carbons (Fsp3) is 0.316. The van der Waals surface area contributed by atoms with Crippen LogP contribution >= 0.6 is 0 Å². The lowest BCUT2D eigenvalue weighted by molar-refractivity contribution is -0.131.